The lowest BCUT2D eigenvalue weighted by molar-refractivity contribution is 1.16. The molecular weight excluding hydrogens is 188 g/mol. The van der Waals surface area contributed by atoms with Crippen LogP contribution >= 0.6 is 0 Å². The van der Waals surface area contributed by atoms with E-state index in [4.69, 9.17) is 5.73 Å². The Hall–Kier alpha value is -2.10. The second-order valence-corrected chi connectivity index (χ2v) is 3.16. The summed E-state index contributed by atoms with van der Waals surface area (Å²) < 4.78 is 0. The van der Waals surface area contributed by atoms with Crippen molar-refractivity contribution in [2.24, 2.45) is 0 Å². The molecule has 2 rings (SSSR count). The van der Waals surface area contributed by atoms with E-state index in [1.807, 2.05) is 37.4 Å². The monoisotopic (exact) mass is 200 g/mol. The van der Waals surface area contributed by atoms with Crippen LogP contribution in [0.15, 0.2) is 36.7 Å². The fourth-order valence-electron chi connectivity index (χ4n) is 1.31. The molecule has 0 saturated heterocycles. The quantitative estimate of drug-likeness (QED) is 0.725. The third-order valence-electron chi connectivity index (χ3n) is 2.13. The van der Waals surface area contributed by atoms with E-state index in [1.165, 1.54) is 6.33 Å². The molecule has 0 radical (unpaired) electrons. The number of nitrogens with one attached hydrogen (secondary N) is 1. The molecule has 0 unspecified atom stereocenters. The van der Waals surface area contributed by atoms with E-state index in [0.29, 0.717) is 0 Å². The molecule has 1 heterocycles. The zero-order valence-corrected chi connectivity index (χ0v) is 8.44. The maximum absolute atomic E-state index is 5.62. The van der Waals surface area contributed by atoms with Crippen molar-refractivity contribution in [3.8, 4) is 11.3 Å². The van der Waals surface area contributed by atoms with Gasteiger partial charge < -0.3 is 11.1 Å². The lowest BCUT2D eigenvalue weighted by atomic mass is 10.1. The van der Waals surface area contributed by atoms with Crippen LogP contribution in [-0.4, -0.2) is 17.0 Å². The van der Waals surface area contributed by atoms with Crippen molar-refractivity contribution >= 4 is 11.5 Å². The number of hydrogen-bond donors (Lipinski definition) is 2. The molecule has 76 valence electrons. The number of aromatic nitrogens is 2. The highest BCUT2D eigenvalue weighted by Crippen LogP contribution is 2.19. The highest BCUT2D eigenvalue weighted by Gasteiger charge is 2.00. The fourth-order valence-corrected chi connectivity index (χ4v) is 1.31. The van der Waals surface area contributed by atoms with Gasteiger partial charge in [0.25, 0.3) is 0 Å². The van der Waals surface area contributed by atoms with Crippen molar-refractivity contribution in [3.63, 3.8) is 0 Å². The maximum Gasteiger partial charge on any atom is 0.129 e. The van der Waals surface area contributed by atoms with Crippen molar-refractivity contribution < 1.29 is 0 Å². The lowest BCUT2D eigenvalue weighted by Gasteiger charge is -2.03. The Balaban J connectivity index is 2.40. The van der Waals surface area contributed by atoms with Gasteiger partial charge in [-0.1, -0.05) is 12.1 Å². The van der Waals surface area contributed by atoms with Gasteiger partial charge in [0.15, 0.2) is 0 Å². The van der Waals surface area contributed by atoms with Crippen molar-refractivity contribution in [1.29, 1.82) is 0 Å². The van der Waals surface area contributed by atoms with Crippen LogP contribution in [-0.2, 0) is 0 Å². The molecule has 0 aliphatic heterocycles. The van der Waals surface area contributed by atoms with Crippen molar-refractivity contribution in [1.82, 2.24) is 9.97 Å². The molecule has 0 amide bonds. The van der Waals surface area contributed by atoms with Crippen LogP contribution in [0.5, 0.6) is 0 Å². The Morgan fingerprint density at radius 2 is 1.87 bits per heavy atom. The highest BCUT2D eigenvalue weighted by atomic mass is 15.0. The fraction of sp³-hybridized carbons (Fsp3) is 0.0909. The minimum absolute atomic E-state index is 0.752. The number of anilines is 2. The van der Waals surface area contributed by atoms with E-state index in [1.54, 1.807) is 0 Å². The molecule has 1 aromatic heterocycles. The summed E-state index contributed by atoms with van der Waals surface area (Å²) in [6.45, 7) is 0. The summed E-state index contributed by atoms with van der Waals surface area (Å²) in [4.78, 5) is 8.25. The van der Waals surface area contributed by atoms with Gasteiger partial charge in [-0.15, -0.1) is 0 Å². The lowest BCUT2D eigenvalue weighted by Crippen LogP contribution is -1.94. The number of benzene rings is 1. The Morgan fingerprint density at radius 3 is 2.53 bits per heavy atom. The molecule has 0 atom stereocenters. The number of nitrogens with zero attached hydrogens (tertiary/aromatic N) is 2. The average molecular weight is 200 g/mol. The van der Waals surface area contributed by atoms with Crippen LogP contribution in [0, 0.1) is 0 Å². The van der Waals surface area contributed by atoms with Gasteiger partial charge in [-0.2, -0.15) is 0 Å². The van der Waals surface area contributed by atoms with Crippen LogP contribution in [0.3, 0.4) is 0 Å². The largest absolute Gasteiger partial charge is 0.399 e. The van der Waals surface area contributed by atoms with Gasteiger partial charge in [-0.3, -0.25) is 0 Å². The Bertz CT molecular complexity index is 450. The van der Waals surface area contributed by atoms with Crippen LogP contribution in [0.4, 0.5) is 11.5 Å². The van der Waals surface area contributed by atoms with Gasteiger partial charge in [0.05, 0.1) is 5.69 Å². The summed E-state index contributed by atoms with van der Waals surface area (Å²) in [5.74, 6) is 0.803. The van der Waals surface area contributed by atoms with E-state index in [9.17, 15) is 0 Å². The number of rotatable bonds is 2. The molecule has 0 spiro atoms. The summed E-state index contributed by atoms with van der Waals surface area (Å²) in [7, 11) is 1.83. The molecule has 0 bridgehead atoms. The molecule has 3 N–H and O–H groups in total. The normalized spacial score (nSPS) is 9.93. The van der Waals surface area contributed by atoms with Crippen LogP contribution in [0.2, 0.25) is 0 Å². The highest BCUT2D eigenvalue weighted by molar-refractivity contribution is 5.64. The van der Waals surface area contributed by atoms with Gasteiger partial charge in [0, 0.05) is 24.4 Å². The second-order valence-electron chi connectivity index (χ2n) is 3.16. The van der Waals surface area contributed by atoms with Crippen molar-refractivity contribution in [3.05, 3.63) is 36.7 Å². The standard InChI is InChI=1S/C11H12N4/c1-13-11-6-10(14-7-15-11)8-2-4-9(12)5-3-8/h2-7H,12H2,1H3,(H,13,14,15). The summed E-state index contributed by atoms with van der Waals surface area (Å²) in [6.07, 6.45) is 1.54. The molecule has 0 fully saturated rings. The Labute approximate surface area is 88.2 Å². The zero-order chi connectivity index (χ0) is 10.7. The molecule has 1 aromatic carbocycles. The Kier molecular flexibility index (Phi) is 2.49. The molecule has 2 aromatic rings. The summed E-state index contributed by atoms with van der Waals surface area (Å²) in [5, 5.41) is 2.97. The van der Waals surface area contributed by atoms with E-state index in [-0.39, 0.29) is 0 Å². The minimum Gasteiger partial charge on any atom is -0.399 e. The first-order valence-corrected chi connectivity index (χ1v) is 4.65. The van der Waals surface area contributed by atoms with E-state index < -0.39 is 0 Å². The SMILES string of the molecule is CNc1cc(-c2ccc(N)cc2)ncn1. The van der Waals surface area contributed by atoms with E-state index in [2.05, 4.69) is 15.3 Å². The zero-order valence-electron chi connectivity index (χ0n) is 8.44. The van der Waals surface area contributed by atoms with E-state index >= 15 is 0 Å². The number of nitrogen functional groups attached to an aromatic ring is 1. The van der Waals surface area contributed by atoms with Crippen LogP contribution in [0.25, 0.3) is 11.3 Å². The second kappa shape index (κ2) is 3.96. The molecular formula is C11H12N4. The maximum atomic E-state index is 5.62. The number of hydrogen-bond acceptors (Lipinski definition) is 4. The van der Waals surface area contributed by atoms with Gasteiger partial charge in [0.1, 0.15) is 12.1 Å². The third kappa shape index (κ3) is 2.04. The smallest absolute Gasteiger partial charge is 0.129 e. The van der Waals surface area contributed by atoms with Gasteiger partial charge in [-0.05, 0) is 12.1 Å². The first-order valence-electron chi connectivity index (χ1n) is 4.65. The molecule has 4 nitrogen and oxygen atoms in total. The van der Waals surface area contributed by atoms with Gasteiger partial charge >= 0.3 is 0 Å². The van der Waals surface area contributed by atoms with E-state index in [0.717, 1.165) is 22.8 Å². The minimum atomic E-state index is 0.752. The number of nitrogens with two attached hydrogens (primary N) is 1. The Morgan fingerprint density at radius 1 is 1.13 bits per heavy atom. The predicted molar refractivity (Wildman–Crippen MR) is 61.4 cm³/mol. The first-order chi connectivity index (χ1) is 7.29. The van der Waals surface area contributed by atoms with Crippen LogP contribution < -0.4 is 11.1 Å². The molecule has 0 aliphatic rings. The van der Waals surface area contributed by atoms with Gasteiger partial charge in [0.2, 0.25) is 0 Å². The topological polar surface area (TPSA) is 63.8 Å². The predicted octanol–water partition coefficient (Wildman–Crippen LogP) is 1.77. The summed E-state index contributed by atoms with van der Waals surface area (Å²) >= 11 is 0. The molecule has 4 heteroatoms. The third-order valence-corrected chi connectivity index (χ3v) is 2.13. The summed E-state index contributed by atoms with van der Waals surface area (Å²) in [6, 6.07) is 9.49. The average Bonchev–Trinajstić information content (AvgIpc) is 2.30. The van der Waals surface area contributed by atoms with Gasteiger partial charge in [-0.25, -0.2) is 9.97 Å². The first kappa shape index (κ1) is 9.45. The molecule has 0 aliphatic carbocycles. The van der Waals surface area contributed by atoms with Crippen LogP contribution in [0.1, 0.15) is 0 Å². The molecule has 0 saturated carbocycles. The molecule has 15 heavy (non-hydrogen) atoms. The van der Waals surface area contributed by atoms with Crippen molar-refractivity contribution in [2.45, 2.75) is 0 Å². The van der Waals surface area contributed by atoms with Crippen molar-refractivity contribution in [2.75, 3.05) is 18.1 Å². The summed E-state index contributed by atoms with van der Waals surface area (Å²) in [5.41, 5.74) is 8.28.